The van der Waals surface area contributed by atoms with Crippen LogP contribution in [0.1, 0.15) is 16.1 Å². The molecule has 7 nitrogen and oxygen atoms in total. The molecule has 0 aliphatic heterocycles. The number of methoxy groups -OCH3 is 1. The maximum Gasteiger partial charge on any atom is 0.358 e. The minimum absolute atomic E-state index is 0.216. The van der Waals surface area contributed by atoms with Gasteiger partial charge in [-0.3, -0.25) is 4.79 Å². The van der Waals surface area contributed by atoms with E-state index < -0.39 is 17.4 Å². The van der Waals surface area contributed by atoms with Gasteiger partial charge in [-0.25, -0.2) is 9.78 Å². The molecule has 4 aromatic rings. The van der Waals surface area contributed by atoms with Crippen molar-refractivity contribution < 1.29 is 19.7 Å². The van der Waals surface area contributed by atoms with E-state index in [9.17, 15) is 19.8 Å². The Morgan fingerprint density at radius 1 is 1.10 bits per heavy atom. The van der Waals surface area contributed by atoms with Crippen molar-refractivity contribution in [2.24, 2.45) is 0 Å². The Morgan fingerprint density at radius 2 is 1.80 bits per heavy atom. The third-order valence-electron chi connectivity index (χ3n) is 4.91. The predicted octanol–water partition coefficient (Wildman–Crippen LogP) is 3.52. The SMILES string of the molecule is COc1ccc(Cn2c(=O)c(-c3ccccc3)cc3c(O)c(C(=O)O)ncc32)cc1. The fourth-order valence-electron chi connectivity index (χ4n) is 3.38. The molecule has 2 N–H and O–H groups in total. The molecule has 4 rings (SSSR count). The van der Waals surface area contributed by atoms with Gasteiger partial charge in [0.05, 0.1) is 25.4 Å². The van der Waals surface area contributed by atoms with Crippen LogP contribution < -0.4 is 10.3 Å². The van der Waals surface area contributed by atoms with Crippen molar-refractivity contribution in [1.82, 2.24) is 9.55 Å². The summed E-state index contributed by atoms with van der Waals surface area (Å²) in [6.45, 7) is 0.216. The van der Waals surface area contributed by atoms with Crippen molar-refractivity contribution in [3.63, 3.8) is 0 Å². The first-order valence-corrected chi connectivity index (χ1v) is 9.16. The average Bonchev–Trinajstić information content (AvgIpc) is 2.76. The summed E-state index contributed by atoms with van der Waals surface area (Å²) >= 11 is 0. The summed E-state index contributed by atoms with van der Waals surface area (Å²) in [6.07, 6.45) is 1.30. The molecule has 2 aromatic carbocycles. The standard InChI is InChI=1S/C23H18N2O5/c1-30-16-9-7-14(8-10-16)13-25-19-12-24-20(23(28)29)21(26)18(19)11-17(22(25)27)15-5-3-2-4-6-15/h2-12,26H,13H2,1H3,(H,28,29). The number of pyridine rings is 2. The van der Waals surface area contributed by atoms with Crippen molar-refractivity contribution in [2.75, 3.05) is 7.11 Å². The van der Waals surface area contributed by atoms with Gasteiger partial charge in [0.1, 0.15) is 5.75 Å². The lowest BCUT2D eigenvalue weighted by molar-refractivity contribution is 0.0687. The topological polar surface area (TPSA) is 102 Å². The van der Waals surface area contributed by atoms with E-state index in [-0.39, 0.29) is 17.5 Å². The fourth-order valence-corrected chi connectivity index (χ4v) is 3.38. The summed E-state index contributed by atoms with van der Waals surface area (Å²) < 4.78 is 6.66. The van der Waals surface area contributed by atoms with Crippen LogP contribution in [0.5, 0.6) is 11.5 Å². The van der Waals surface area contributed by atoms with E-state index >= 15 is 0 Å². The van der Waals surface area contributed by atoms with Gasteiger partial charge in [-0.05, 0) is 29.3 Å². The number of aromatic hydroxyl groups is 1. The van der Waals surface area contributed by atoms with Crippen LogP contribution in [0, 0.1) is 0 Å². The van der Waals surface area contributed by atoms with E-state index in [1.807, 2.05) is 30.3 Å². The highest BCUT2D eigenvalue weighted by molar-refractivity contribution is 5.98. The molecule has 0 radical (unpaired) electrons. The first kappa shape index (κ1) is 19.2. The molecule has 7 heteroatoms. The van der Waals surface area contributed by atoms with Gasteiger partial charge in [0.15, 0.2) is 11.4 Å². The van der Waals surface area contributed by atoms with Gasteiger partial charge >= 0.3 is 5.97 Å². The molecule has 0 aliphatic rings. The van der Waals surface area contributed by atoms with E-state index in [4.69, 9.17) is 4.74 Å². The number of aromatic nitrogens is 2. The van der Waals surface area contributed by atoms with Crippen LogP contribution in [-0.4, -0.2) is 32.8 Å². The lowest BCUT2D eigenvalue weighted by Gasteiger charge is -2.15. The van der Waals surface area contributed by atoms with Crippen LogP contribution in [0.25, 0.3) is 22.0 Å². The first-order valence-electron chi connectivity index (χ1n) is 9.16. The van der Waals surface area contributed by atoms with Gasteiger partial charge in [-0.2, -0.15) is 0 Å². The van der Waals surface area contributed by atoms with Crippen molar-refractivity contribution in [3.8, 4) is 22.6 Å². The minimum Gasteiger partial charge on any atom is -0.505 e. The molecule has 2 aromatic heterocycles. The van der Waals surface area contributed by atoms with Gasteiger partial charge in [-0.15, -0.1) is 0 Å². The van der Waals surface area contributed by atoms with Crippen molar-refractivity contribution >= 4 is 16.9 Å². The number of hydrogen-bond acceptors (Lipinski definition) is 5. The maximum absolute atomic E-state index is 13.4. The minimum atomic E-state index is -1.34. The molecule has 0 saturated heterocycles. The molecule has 0 atom stereocenters. The summed E-state index contributed by atoms with van der Waals surface area (Å²) in [5.74, 6) is -1.12. The van der Waals surface area contributed by atoms with Gasteiger partial charge in [-0.1, -0.05) is 42.5 Å². The van der Waals surface area contributed by atoms with Crippen LogP contribution in [0.2, 0.25) is 0 Å². The molecule has 0 unspecified atom stereocenters. The Morgan fingerprint density at radius 3 is 2.43 bits per heavy atom. The Labute approximate surface area is 171 Å². The van der Waals surface area contributed by atoms with E-state index in [2.05, 4.69) is 4.98 Å². The van der Waals surface area contributed by atoms with Crippen LogP contribution in [-0.2, 0) is 6.54 Å². The van der Waals surface area contributed by atoms with E-state index in [0.29, 0.717) is 22.4 Å². The molecular formula is C23H18N2O5. The number of nitrogens with zero attached hydrogens (tertiary/aromatic N) is 2. The third-order valence-corrected chi connectivity index (χ3v) is 4.91. The second-order valence-electron chi connectivity index (χ2n) is 6.72. The van der Waals surface area contributed by atoms with Crippen LogP contribution in [0.4, 0.5) is 0 Å². The smallest absolute Gasteiger partial charge is 0.358 e. The lowest BCUT2D eigenvalue weighted by Crippen LogP contribution is -2.23. The third kappa shape index (κ3) is 3.37. The molecule has 150 valence electrons. The highest BCUT2D eigenvalue weighted by Crippen LogP contribution is 2.30. The zero-order valence-corrected chi connectivity index (χ0v) is 16.1. The number of fused-ring (bicyclic) bond motifs is 1. The Bertz CT molecular complexity index is 1300. The second-order valence-corrected chi connectivity index (χ2v) is 6.72. The van der Waals surface area contributed by atoms with E-state index in [0.717, 1.165) is 5.56 Å². The number of aromatic carboxylic acids is 1. The molecule has 30 heavy (non-hydrogen) atoms. The Hall–Kier alpha value is -4.13. The second kappa shape index (κ2) is 7.71. The lowest BCUT2D eigenvalue weighted by atomic mass is 10.0. The van der Waals surface area contributed by atoms with Crippen molar-refractivity contribution in [1.29, 1.82) is 0 Å². The highest BCUT2D eigenvalue weighted by atomic mass is 16.5. The van der Waals surface area contributed by atoms with Crippen molar-refractivity contribution in [2.45, 2.75) is 6.54 Å². The van der Waals surface area contributed by atoms with Gasteiger partial charge in [0.2, 0.25) is 0 Å². The Balaban J connectivity index is 1.98. The molecule has 0 amide bonds. The van der Waals surface area contributed by atoms with Crippen LogP contribution in [0.15, 0.2) is 71.7 Å². The number of carboxylic acids is 1. The van der Waals surface area contributed by atoms with Gasteiger partial charge < -0.3 is 19.5 Å². The summed E-state index contributed by atoms with van der Waals surface area (Å²) in [7, 11) is 1.57. The summed E-state index contributed by atoms with van der Waals surface area (Å²) in [5.41, 5.74) is 1.48. The molecule has 0 fully saturated rings. The summed E-state index contributed by atoms with van der Waals surface area (Å²) in [4.78, 5) is 28.6. The number of carbonyl (C=O) groups is 1. The Kier molecular flexibility index (Phi) is 4.93. The zero-order chi connectivity index (χ0) is 21.3. The first-order chi connectivity index (χ1) is 14.5. The molecule has 0 spiro atoms. The van der Waals surface area contributed by atoms with E-state index in [1.165, 1.54) is 16.8 Å². The quantitative estimate of drug-likeness (QED) is 0.530. The van der Waals surface area contributed by atoms with E-state index in [1.54, 1.807) is 31.4 Å². The summed E-state index contributed by atoms with van der Waals surface area (Å²) in [6, 6.07) is 17.8. The average molecular weight is 402 g/mol. The fraction of sp³-hybridized carbons (Fsp3) is 0.0870. The molecular weight excluding hydrogens is 384 g/mol. The highest BCUT2D eigenvalue weighted by Gasteiger charge is 2.19. The van der Waals surface area contributed by atoms with Gasteiger partial charge in [0, 0.05) is 10.9 Å². The van der Waals surface area contributed by atoms with Crippen molar-refractivity contribution in [3.05, 3.63) is 88.5 Å². The largest absolute Gasteiger partial charge is 0.505 e. The van der Waals surface area contributed by atoms with Crippen LogP contribution >= 0.6 is 0 Å². The number of benzene rings is 2. The van der Waals surface area contributed by atoms with Gasteiger partial charge in [0.25, 0.3) is 5.56 Å². The molecule has 0 bridgehead atoms. The zero-order valence-electron chi connectivity index (χ0n) is 16.1. The monoisotopic (exact) mass is 402 g/mol. The van der Waals surface area contributed by atoms with Crippen LogP contribution in [0.3, 0.4) is 0 Å². The number of carboxylic acid groups (broad SMARTS) is 1. The normalized spacial score (nSPS) is 10.8. The summed E-state index contributed by atoms with van der Waals surface area (Å²) in [5, 5.41) is 20.1. The predicted molar refractivity (Wildman–Crippen MR) is 112 cm³/mol. The maximum atomic E-state index is 13.4. The number of ether oxygens (including phenoxy) is 1. The number of hydrogen-bond donors (Lipinski definition) is 2. The number of rotatable bonds is 5. The molecule has 2 heterocycles. The molecule has 0 saturated carbocycles. The molecule has 0 aliphatic carbocycles.